The van der Waals surface area contributed by atoms with Gasteiger partial charge in [-0.2, -0.15) is 0 Å². The highest BCUT2D eigenvalue weighted by molar-refractivity contribution is 6.00. The largest absolute Gasteiger partial charge is 0.480 e. The molecule has 2 fully saturated rings. The first-order chi connectivity index (χ1) is 12.1. The summed E-state index contributed by atoms with van der Waals surface area (Å²) in [5.74, 6) is -2.36. The van der Waals surface area contributed by atoms with Gasteiger partial charge >= 0.3 is 11.9 Å². The number of carbonyl (C=O) groups excluding carboxylic acids is 3. The average Bonchev–Trinajstić information content (AvgIpc) is 3.02. The summed E-state index contributed by atoms with van der Waals surface area (Å²) in [7, 11) is 0. The molecule has 0 unspecified atom stereocenters. The smallest absolute Gasteiger partial charge is 0.334 e. The van der Waals surface area contributed by atoms with Gasteiger partial charge < -0.3 is 19.3 Å². The van der Waals surface area contributed by atoms with Crippen LogP contribution in [0.3, 0.4) is 0 Å². The Balaban J connectivity index is 2.09. The van der Waals surface area contributed by atoms with Gasteiger partial charge in [0.1, 0.15) is 24.1 Å². The third-order valence-electron chi connectivity index (χ3n) is 5.31. The summed E-state index contributed by atoms with van der Waals surface area (Å²) < 4.78 is 16.6. The van der Waals surface area contributed by atoms with E-state index in [4.69, 9.17) is 14.2 Å². The molecule has 0 aromatic heterocycles. The van der Waals surface area contributed by atoms with E-state index in [2.05, 4.69) is 13.2 Å². The second-order valence-electron chi connectivity index (χ2n) is 7.35. The van der Waals surface area contributed by atoms with E-state index in [1.54, 1.807) is 0 Å². The Morgan fingerprint density at radius 1 is 1.42 bits per heavy atom. The lowest BCUT2D eigenvalue weighted by Crippen LogP contribution is -2.55. The van der Waals surface area contributed by atoms with Gasteiger partial charge in [-0.15, -0.1) is 0 Å². The number of fused-ring (bicyclic) bond motifs is 3. The SMILES string of the molecule is C=C(C)C(=O)O[C@H]1[C@H]2C(=C)C(=O)O[C@@H]2C[C@H](C)C2=CC(=O)[C@](C)(O2)[C@H]1O. The maximum absolute atomic E-state index is 12.5. The Kier molecular flexibility index (Phi) is 4.30. The van der Waals surface area contributed by atoms with Crippen molar-refractivity contribution in [2.24, 2.45) is 11.8 Å². The van der Waals surface area contributed by atoms with Gasteiger partial charge in [0.2, 0.25) is 5.78 Å². The number of allylic oxidation sites excluding steroid dienone is 1. The molecule has 3 heterocycles. The van der Waals surface area contributed by atoms with Gasteiger partial charge in [0.05, 0.1) is 5.92 Å². The first kappa shape index (κ1) is 18.4. The molecule has 26 heavy (non-hydrogen) atoms. The van der Waals surface area contributed by atoms with Crippen molar-refractivity contribution in [2.45, 2.75) is 51.1 Å². The molecule has 3 aliphatic rings. The Hall–Kier alpha value is -2.41. The number of ketones is 1. The molecule has 140 valence electrons. The number of ether oxygens (including phenoxy) is 3. The summed E-state index contributed by atoms with van der Waals surface area (Å²) >= 11 is 0. The van der Waals surface area contributed by atoms with Crippen LogP contribution in [0.5, 0.6) is 0 Å². The van der Waals surface area contributed by atoms with Crippen LogP contribution in [0.2, 0.25) is 0 Å². The van der Waals surface area contributed by atoms with Crippen molar-refractivity contribution in [3.63, 3.8) is 0 Å². The molecule has 0 saturated carbocycles. The molecule has 0 spiro atoms. The van der Waals surface area contributed by atoms with Crippen LogP contribution in [-0.2, 0) is 28.6 Å². The summed E-state index contributed by atoms with van der Waals surface area (Å²) in [5, 5.41) is 11.0. The number of hydrogen-bond donors (Lipinski definition) is 1. The van der Waals surface area contributed by atoms with Crippen LogP contribution < -0.4 is 0 Å². The van der Waals surface area contributed by atoms with Crippen LogP contribution in [0.1, 0.15) is 27.2 Å². The van der Waals surface area contributed by atoms with Gasteiger partial charge in [-0.05, 0) is 20.3 Å². The molecule has 0 radical (unpaired) electrons. The molecule has 0 aromatic rings. The van der Waals surface area contributed by atoms with Crippen molar-refractivity contribution in [1.29, 1.82) is 0 Å². The van der Waals surface area contributed by atoms with Crippen LogP contribution in [0, 0.1) is 11.8 Å². The molecule has 3 aliphatic heterocycles. The fraction of sp³-hybridized carbons (Fsp3) is 0.526. The van der Waals surface area contributed by atoms with E-state index in [1.807, 2.05) is 6.92 Å². The molecule has 6 atom stereocenters. The Morgan fingerprint density at radius 3 is 2.69 bits per heavy atom. The predicted molar refractivity (Wildman–Crippen MR) is 89.6 cm³/mol. The highest BCUT2D eigenvalue weighted by Gasteiger charge is 2.58. The molecule has 1 N–H and O–H groups in total. The summed E-state index contributed by atoms with van der Waals surface area (Å²) in [4.78, 5) is 36.7. The predicted octanol–water partition coefficient (Wildman–Crippen LogP) is 1.21. The van der Waals surface area contributed by atoms with Crippen LogP contribution >= 0.6 is 0 Å². The Bertz CT molecular complexity index is 749. The van der Waals surface area contributed by atoms with Crippen molar-refractivity contribution >= 4 is 17.7 Å². The minimum absolute atomic E-state index is 0.101. The van der Waals surface area contributed by atoms with E-state index < -0.39 is 47.6 Å². The highest BCUT2D eigenvalue weighted by Crippen LogP contribution is 2.44. The third-order valence-corrected chi connectivity index (χ3v) is 5.31. The Morgan fingerprint density at radius 2 is 2.08 bits per heavy atom. The van der Waals surface area contributed by atoms with Gasteiger partial charge in [0, 0.05) is 23.1 Å². The maximum Gasteiger partial charge on any atom is 0.334 e. The highest BCUT2D eigenvalue weighted by atomic mass is 16.6. The maximum atomic E-state index is 12.5. The number of esters is 2. The van der Waals surface area contributed by atoms with E-state index in [1.165, 1.54) is 19.9 Å². The lowest BCUT2D eigenvalue weighted by atomic mass is 9.78. The third kappa shape index (κ3) is 2.67. The molecule has 0 aromatic carbocycles. The van der Waals surface area contributed by atoms with Crippen LogP contribution in [-0.4, -0.2) is 46.7 Å². The van der Waals surface area contributed by atoms with Gasteiger partial charge in [0.25, 0.3) is 0 Å². The van der Waals surface area contributed by atoms with E-state index in [0.717, 1.165) is 0 Å². The van der Waals surface area contributed by atoms with Crippen LogP contribution in [0.25, 0.3) is 0 Å². The number of rotatable bonds is 2. The van der Waals surface area contributed by atoms with Gasteiger partial charge in [-0.25, -0.2) is 9.59 Å². The standard InChI is InChI=1S/C19H22O7/c1-8(2)17(22)25-15-14-10(4)18(23)24-12(14)6-9(3)11-7-13(20)19(5,26-11)16(15)21/h7,9,12,14-16,21H,1,4,6H2,2-3,5H3/t9-,12+,14-,15-,16-,19-/m0/s1. The fourth-order valence-electron chi connectivity index (χ4n) is 3.63. The minimum Gasteiger partial charge on any atom is -0.480 e. The number of hydrogen-bond acceptors (Lipinski definition) is 7. The second kappa shape index (κ2) is 6.09. The van der Waals surface area contributed by atoms with E-state index in [-0.39, 0.29) is 17.1 Å². The summed E-state index contributed by atoms with van der Waals surface area (Å²) in [6.07, 6.45) is -1.72. The molecule has 7 heteroatoms. The molecule has 3 rings (SSSR count). The van der Waals surface area contributed by atoms with E-state index >= 15 is 0 Å². The lowest BCUT2D eigenvalue weighted by Gasteiger charge is -2.36. The number of aliphatic hydroxyl groups excluding tert-OH is 1. The molecule has 7 nitrogen and oxygen atoms in total. The van der Waals surface area contributed by atoms with Crippen molar-refractivity contribution in [2.75, 3.05) is 0 Å². The van der Waals surface area contributed by atoms with E-state index in [9.17, 15) is 19.5 Å². The summed E-state index contributed by atoms with van der Waals surface area (Å²) in [6.45, 7) is 12.0. The molecular formula is C19H22O7. The van der Waals surface area contributed by atoms with Gasteiger partial charge in [0.15, 0.2) is 5.60 Å². The minimum atomic E-state index is -1.62. The number of aliphatic hydroxyl groups is 1. The number of carbonyl (C=O) groups is 3. The first-order valence-electron chi connectivity index (χ1n) is 8.45. The Labute approximate surface area is 151 Å². The van der Waals surface area contributed by atoms with Crippen LogP contribution in [0.4, 0.5) is 0 Å². The average molecular weight is 362 g/mol. The first-order valence-corrected chi connectivity index (χ1v) is 8.45. The van der Waals surface area contributed by atoms with Gasteiger partial charge in [-0.3, -0.25) is 4.79 Å². The zero-order chi connectivity index (χ0) is 19.4. The zero-order valence-corrected chi connectivity index (χ0v) is 15.0. The lowest BCUT2D eigenvalue weighted by molar-refractivity contribution is -0.176. The topological polar surface area (TPSA) is 99.1 Å². The zero-order valence-electron chi connectivity index (χ0n) is 15.0. The van der Waals surface area contributed by atoms with Crippen LogP contribution in [0.15, 0.2) is 36.1 Å². The molecule has 2 saturated heterocycles. The van der Waals surface area contributed by atoms with Crippen molar-refractivity contribution in [3.8, 4) is 0 Å². The normalized spacial score (nSPS) is 39.0. The second-order valence-corrected chi connectivity index (χ2v) is 7.35. The monoisotopic (exact) mass is 362 g/mol. The van der Waals surface area contributed by atoms with Crippen molar-refractivity contribution in [3.05, 3.63) is 36.1 Å². The summed E-state index contributed by atoms with van der Waals surface area (Å²) in [5.41, 5.74) is -1.39. The molecule has 0 aliphatic carbocycles. The molecule has 0 amide bonds. The van der Waals surface area contributed by atoms with Gasteiger partial charge in [-0.1, -0.05) is 20.1 Å². The van der Waals surface area contributed by atoms with Crippen molar-refractivity contribution < 1.29 is 33.7 Å². The molecule has 2 bridgehead atoms. The summed E-state index contributed by atoms with van der Waals surface area (Å²) in [6, 6.07) is 0. The quantitative estimate of drug-likeness (QED) is 0.582. The fourth-order valence-corrected chi connectivity index (χ4v) is 3.63. The molecular weight excluding hydrogens is 340 g/mol. The van der Waals surface area contributed by atoms with E-state index in [0.29, 0.717) is 12.2 Å². The van der Waals surface area contributed by atoms with Crippen molar-refractivity contribution in [1.82, 2.24) is 0 Å².